The van der Waals surface area contributed by atoms with E-state index < -0.39 is 24.4 Å². The fraction of sp³-hybridized carbons (Fsp3) is 0.526. The molecule has 1 heterocycles. The van der Waals surface area contributed by atoms with Crippen molar-refractivity contribution in [2.75, 3.05) is 18.5 Å². The summed E-state index contributed by atoms with van der Waals surface area (Å²) in [7, 11) is 0. The van der Waals surface area contributed by atoms with Crippen molar-refractivity contribution < 1.29 is 19.1 Å². The van der Waals surface area contributed by atoms with Gasteiger partial charge in [-0.2, -0.15) is 0 Å². The summed E-state index contributed by atoms with van der Waals surface area (Å²) in [6, 6.07) is 5.31. The summed E-state index contributed by atoms with van der Waals surface area (Å²) in [5, 5.41) is 2.99. The Labute approximate surface area is 171 Å². The molecule has 6 nitrogen and oxygen atoms in total. The summed E-state index contributed by atoms with van der Waals surface area (Å²) in [5.41, 5.74) is 0.445. The van der Waals surface area contributed by atoms with Crippen molar-refractivity contribution in [2.45, 2.75) is 44.6 Å². The summed E-state index contributed by atoms with van der Waals surface area (Å²) >= 11 is 9.34. The van der Waals surface area contributed by atoms with Crippen LogP contribution in [0.2, 0.25) is 5.02 Å². The van der Waals surface area contributed by atoms with Crippen LogP contribution in [0, 0.1) is 5.92 Å². The molecule has 0 aromatic heterocycles. The molecule has 1 aliphatic heterocycles. The van der Waals surface area contributed by atoms with Gasteiger partial charge in [0.15, 0.2) is 6.61 Å². The molecule has 0 spiro atoms. The fourth-order valence-corrected chi connectivity index (χ4v) is 4.39. The van der Waals surface area contributed by atoms with Gasteiger partial charge in [-0.3, -0.25) is 14.4 Å². The van der Waals surface area contributed by atoms with Crippen LogP contribution >= 0.6 is 27.5 Å². The van der Waals surface area contributed by atoms with E-state index in [1.165, 1.54) is 6.42 Å². The zero-order valence-electron chi connectivity index (χ0n) is 14.9. The van der Waals surface area contributed by atoms with Gasteiger partial charge in [0.25, 0.3) is 5.91 Å². The first-order valence-corrected chi connectivity index (χ1v) is 10.3. The number of anilines is 1. The maximum Gasteiger partial charge on any atom is 0.311 e. The zero-order chi connectivity index (χ0) is 19.4. The first kappa shape index (κ1) is 20.1. The van der Waals surface area contributed by atoms with Crippen molar-refractivity contribution in [3.63, 3.8) is 0 Å². The van der Waals surface area contributed by atoms with Crippen molar-refractivity contribution in [3.8, 4) is 0 Å². The number of benzene rings is 1. The van der Waals surface area contributed by atoms with Crippen molar-refractivity contribution >= 4 is 51.0 Å². The Hall–Kier alpha value is -1.60. The predicted octanol–water partition coefficient (Wildman–Crippen LogP) is 3.77. The third-order valence-corrected chi connectivity index (χ3v) is 5.86. The van der Waals surface area contributed by atoms with Crippen molar-refractivity contribution in [2.24, 2.45) is 5.92 Å². The number of hydrogen-bond donors (Lipinski definition) is 1. The van der Waals surface area contributed by atoms with Gasteiger partial charge in [-0.05, 0) is 31.0 Å². The number of ether oxygens (including phenoxy) is 1. The number of carbonyl (C=O) groups is 3. The number of nitrogens with one attached hydrogen (secondary N) is 1. The molecule has 146 valence electrons. The summed E-state index contributed by atoms with van der Waals surface area (Å²) in [5.74, 6) is -1.46. The first-order chi connectivity index (χ1) is 12.9. The molecule has 0 bridgehead atoms. The molecule has 1 saturated carbocycles. The highest BCUT2D eigenvalue weighted by Crippen LogP contribution is 2.29. The number of rotatable bonds is 5. The molecule has 1 aromatic rings. The predicted molar refractivity (Wildman–Crippen MR) is 105 cm³/mol. The van der Waals surface area contributed by atoms with E-state index in [-0.39, 0.29) is 18.4 Å². The van der Waals surface area contributed by atoms with Gasteiger partial charge in [0, 0.05) is 23.5 Å². The van der Waals surface area contributed by atoms with Gasteiger partial charge in [-0.15, -0.1) is 0 Å². The molecular formula is C19H22BrClN2O4. The Morgan fingerprint density at radius 1 is 1.26 bits per heavy atom. The number of halogens is 2. The van der Waals surface area contributed by atoms with Crippen LogP contribution in [0.3, 0.4) is 0 Å². The molecule has 1 atom stereocenters. The third kappa shape index (κ3) is 5.23. The molecule has 1 saturated heterocycles. The Morgan fingerprint density at radius 3 is 2.70 bits per heavy atom. The number of amides is 2. The van der Waals surface area contributed by atoms with Gasteiger partial charge in [0.2, 0.25) is 5.91 Å². The van der Waals surface area contributed by atoms with Crippen LogP contribution in [0.15, 0.2) is 22.7 Å². The maximum absolute atomic E-state index is 12.3. The molecule has 0 unspecified atom stereocenters. The van der Waals surface area contributed by atoms with Gasteiger partial charge in [0.1, 0.15) is 0 Å². The molecule has 1 aromatic carbocycles. The smallest absolute Gasteiger partial charge is 0.311 e. The molecule has 2 fully saturated rings. The number of nitrogens with zero attached hydrogens (tertiary/aromatic N) is 1. The second-order valence-corrected chi connectivity index (χ2v) is 8.34. The number of likely N-dealkylation sites (tertiary alicyclic amines) is 1. The number of esters is 1. The first-order valence-electron chi connectivity index (χ1n) is 9.15. The van der Waals surface area contributed by atoms with E-state index in [9.17, 15) is 14.4 Å². The zero-order valence-corrected chi connectivity index (χ0v) is 17.2. The van der Waals surface area contributed by atoms with E-state index in [2.05, 4.69) is 21.2 Å². The second kappa shape index (κ2) is 9.06. The summed E-state index contributed by atoms with van der Waals surface area (Å²) in [6.45, 7) is -0.0121. The average Bonchev–Trinajstić information content (AvgIpc) is 3.04. The molecule has 1 aliphatic carbocycles. The summed E-state index contributed by atoms with van der Waals surface area (Å²) in [4.78, 5) is 38.4. The third-order valence-electron chi connectivity index (χ3n) is 5.06. The largest absolute Gasteiger partial charge is 0.455 e. The highest BCUT2D eigenvalue weighted by atomic mass is 79.9. The molecule has 27 heavy (non-hydrogen) atoms. The minimum absolute atomic E-state index is 0.00921. The molecule has 2 amide bonds. The molecule has 2 aliphatic rings. The lowest BCUT2D eigenvalue weighted by atomic mass is 9.94. The van der Waals surface area contributed by atoms with Crippen molar-refractivity contribution in [3.05, 3.63) is 27.7 Å². The van der Waals surface area contributed by atoms with Crippen LogP contribution in [0.5, 0.6) is 0 Å². The topological polar surface area (TPSA) is 75.7 Å². The van der Waals surface area contributed by atoms with Crippen molar-refractivity contribution in [1.82, 2.24) is 4.90 Å². The second-order valence-electron chi connectivity index (χ2n) is 7.02. The van der Waals surface area contributed by atoms with E-state index in [1.807, 2.05) is 4.90 Å². The lowest BCUT2D eigenvalue weighted by molar-refractivity contribution is -0.151. The maximum atomic E-state index is 12.3. The van der Waals surface area contributed by atoms with Crippen LogP contribution in [-0.4, -0.2) is 41.9 Å². The highest BCUT2D eigenvalue weighted by Gasteiger charge is 2.39. The van der Waals surface area contributed by atoms with Crippen LogP contribution in [0.1, 0.15) is 38.5 Å². The normalized spacial score (nSPS) is 20.6. The molecule has 0 radical (unpaired) electrons. The molecule has 8 heteroatoms. The summed E-state index contributed by atoms with van der Waals surface area (Å²) in [6.07, 6.45) is 5.63. The van der Waals surface area contributed by atoms with Gasteiger partial charge in [-0.25, -0.2) is 0 Å². The highest BCUT2D eigenvalue weighted by molar-refractivity contribution is 9.10. The minimum Gasteiger partial charge on any atom is -0.455 e. The Kier molecular flexibility index (Phi) is 6.76. The lowest BCUT2D eigenvalue weighted by Crippen LogP contribution is -2.38. The van der Waals surface area contributed by atoms with Gasteiger partial charge >= 0.3 is 5.97 Å². The molecule has 1 N–H and O–H groups in total. The molecular weight excluding hydrogens is 436 g/mol. The molecule has 3 rings (SSSR count). The van der Waals surface area contributed by atoms with E-state index in [0.29, 0.717) is 17.3 Å². The van der Waals surface area contributed by atoms with E-state index >= 15 is 0 Å². The Morgan fingerprint density at radius 2 is 2.00 bits per heavy atom. The minimum atomic E-state index is -0.501. The van der Waals surface area contributed by atoms with Crippen LogP contribution in [0.25, 0.3) is 0 Å². The lowest BCUT2D eigenvalue weighted by Gasteiger charge is -2.31. The van der Waals surface area contributed by atoms with E-state index in [4.69, 9.17) is 16.3 Å². The van der Waals surface area contributed by atoms with E-state index in [0.717, 1.165) is 30.2 Å². The van der Waals surface area contributed by atoms with Crippen LogP contribution < -0.4 is 5.32 Å². The Balaban J connectivity index is 1.47. The van der Waals surface area contributed by atoms with Gasteiger partial charge < -0.3 is 15.0 Å². The Bertz CT molecular complexity index is 736. The SMILES string of the molecule is O=C(COC(=O)[C@@H]1CC(=O)N(C2CCCCC2)C1)Nc1ccc(Br)cc1Cl. The average molecular weight is 458 g/mol. The monoisotopic (exact) mass is 456 g/mol. The van der Waals surface area contributed by atoms with Crippen LogP contribution in [-0.2, 0) is 19.1 Å². The van der Waals surface area contributed by atoms with Crippen molar-refractivity contribution in [1.29, 1.82) is 0 Å². The summed E-state index contributed by atoms with van der Waals surface area (Å²) < 4.78 is 5.92. The van der Waals surface area contributed by atoms with E-state index in [1.54, 1.807) is 18.2 Å². The number of carbonyl (C=O) groups excluding carboxylic acids is 3. The fourth-order valence-electron chi connectivity index (χ4n) is 3.67. The van der Waals surface area contributed by atoms with Crippen LogP contribution in [0.4, 0.5) is 5.69 Å². The quantitative estimate of drug-likeness (QED) is 0.683. The standard InChI is InChI=1S/C19H22BrClN2O4/c20-13-6-7-16(15(21)9-13)22-17(24)11-27-19(26)12-8-18(25)23(10-12)14-4-2-1-3-5-14/h6-7,9,12,14H,1-5,8,10-11H2,(H,22,24)/t12-/m1/s1. The number of hydrogen-bond acceptors (Lipinski definition) is 4. The van der Waals surface area contributed by atoms with Gasteiger partial charge in [0.05, 0.1) is 16.6 Å². The van der Waals surface area contributed by atoms with Gasteiger partial charge in [-0.1, -0.05) is 46.8 Å².